The number of methoxy groups -OCH3 is 1. The molecule has 1 atom stereocenters. The number of hydrogen-bond donors (Lipinski definition) is 3. The first kappa shape index (κ1) is 20.0. The van der Waals surface area contributed by atoms with Gasteiger partial charge in [0.05, 0.1) is 17.9 Å². The number of benzene rings is 1. The van der Waals surface area contributed by atoms with Crippen molar-refractivity contribution in [1.82, 2.24) is 24.9 Å². The number of aryl methyl sites for hydroxylation is 1. The van der Waals surface area contributed by atoms with Crippen molar-refractivity contribution in [3.63, 3.8) is 0 Å². The lowest BCUT2D eigenvalue weighted by atomic mass is 10.0. The maximum atomic E-state index is 14.1. The zero-order chi connectivity index (χ0) is 21.1. The summed E-state index contributed by atoms with van der Waals surface area (Å²) in [4.78, 5) is 20.5. The van der Waals surface area contributed by atoms with Crippen LogP contribution in [0.2, 0.25) is 0 Å². The average Bonchev–Trinajstić information content (AvgIpc) is 3.23. The number of anilines is 2. The van der Waals surface area contributed by atoms with Crippen LogP contribution < -0.4 is 10.6 Å². The number of fused-ring (bicyclic) bond motifs is 2. The van der Waals surface area contributed by atoms with Gasteiger partial charge < -0.3 is 20.4 Å². The summed E-state index contributed by atoms with van der Waals surface area (Å²) in [6.07, 6.45) is 3.90. The Balaban J connectivity index is 1.71. The fourth-order valence-corrected chi connectivity index (χ4v) is 3.43. The van der Waals surface area contributed by atoms with E-state index < -0.39 is 0 Å². The van der Waals surface area contributed by atoms with Crippen LogP contribution in [-0.2, 0) is 4.74 Å². The van der Waals surface area contributed by atoms with Gasteiger partial charge in [0.25, 0.3) is 0 Å². The quantitative estimate of drug-likeness (QED) is 0.379. The third-order valence-electron chi connectivity index (χ3n) is 5.06. The summed E-state index contributed by atoms with van der Waals surface area (Å²) in [5, 5.41) is 7.68. The molecule has 1 aromatic carbocycles. The van der Waals surface area contributed by atoms with E-state index in [9.17, 15) is 4.39 Å². The molecule has 0 spiro atoms. The van der Waals surface area contributed by atoms with Gasteiger partial charge in [-0.3, -0.25) is 0 Å². The first-order valence-corrected chi connectivity index (χ1v) is 9.81. The maximum absolute atomic E-state index is 14.1. The summed E-state index contributed by atoms with van der Waals surface area (Å²) in [6.45, 7) is 5.12. The van der Waals surface area contributed by atoms with Crippen molar-refractivity contribution >= 4 is 33.7 Å². The van der Waals surface area contributed by atoms with Gasteiger partial charge in [-0.2, -0.15) is 0 Å². The zero-order valence-electron chi connectivity index (χ0n) is 17.2. The number of imidazole rings is 1. The van der Waals surface area contributed by atoms with E-state index in [4.69, 9.17) is 9.72 Å². The Kier molecular flexibility index (Phi) is 5.71. The van der Waals surface area contributed by atoms with Gasteiger partial charge in [0.2, 0.25) is 0 Å². The van der Waals surface area contributed by atoms with Gasteiger partial charge in [0, 0.05) is 36.8 Å². The lowest BCUT2D eigenvalue weighted by Crippen LogP contribution is -2.14. The maximum Gasteiger partial charge on any atom is 0.182 e. The zero-order valence-corrected chi connectivity index (χ0v) is 17.2. The average molecular weight is 409 g/mol. The van der Waals surface area contributed by atoms with Crippen LogP contribution >= 0.6 is 0 Å². The number of pyridine rings is 1. The van der Waals surface area contributed by atoms with Crippen LogP contribution in [0.5, 0.6) is 0 Å². The minimum absolute atomic E-state index is 0.126. The highest BCUT2D eigenvalue weighted by Gasteiger charge is 2.17. The molecule has 3 heterocycles. The highest BCUT2D eigenvalue weighted by Crippen LogP contribution is 2.31. The number of nitrogens with zero attached hydrogens (tertiary/aromatic N) is 4. The molecule has 0 fully saturated rings. The Morgan fingerprint density at radius 3 is 2.90 bits per heavy atom. The summed E-state index contributed by atoms with van der Waals surface area (Å²) >= 11 is 0. The number of hydrogen-bond acceptors (Lipinski definition) is 7. The van der Waals surface area contributed by atoms with Gasteiger partial charge in [-0.25, -0.2) is 24.3 Å². The fourth-order valence-electron chi connectivity index (χ4n) is 3.43. The molecular weight excluding hydrogens is 385 g/mol. The molecule has 3 N–H and O–H groups in total. The molecule has 3 aromatic heterocycles. The van der Waals surface area contributed by atoms with Crippen molar-refractivity contribution in [2.24, 2.45) is 0 Å². The second kappa shape index (κ2) is 8.58. The van der Waals surface area contributed by atoms with E-state index in [1.54, 1.807) is 26.4 Å². The van der Waals surface area contributed by atoms with Crippen molar-refractivity contribution < 1.29 is 9.13 Å². The van der Waals surface area contributed by atoms with Crippen LogP contribution in [0.15, 0.2) is 30.9 Å². The summed E-state index contributed by atoms with van der Waals surface area (Å²) in [5.41, 5.74) is 3.48. The minimum atomic E-state index is -0.262. The van der Waals surface area contributed by atoms with Crippen molar-refractivity contribution in [3.05, 3.63) is 47.8 Å². The molecular formula is C21H24FN7O. The normalized spacial score (nSPS) is 12.4. The molecule has 0 bridgehead atoms. The van der Waals surface area contributed by atoms with E-state index in [1.807, 2.05) is 13.0 Å². The molecule has 0 aliphatic rings. The Bertz CT molecular complexity index is 1180. The SMILES string of the molecule is COCCCNc1nc2c(C)c(F)ccc2cc1C(C)Nc1ncnc2nc[nH]c12. The van der Waals surface area contributed by atoms with Gasteiger partial charge in [-0.15, -0.1) is 0 Å². The molecule has 0 saturated carbocycles. The largest absolute Gasteiger partial charge is 0.385 e. The molecule has 0 saturated heterocycles. The third-order valence-corrected chi connectivity index (χ3v) is 5.06. The molecule has 9 heteroatoms. The highest BCUT2D eigenvalue weighted by molar-refractivity contribution is 5.86. The van der Waals surface area contributed by atoms with E-state index in [2.05, 4.69) is 30.6 Å². The van der Waals surface area contributed by atoms with Gasteiger partial charge in [-0.1, -0.05) is 0 Å². The fraction of sp³-hybridized carbons (Fsp3) is 0.333. The Morgan fingerprint density at radius 2 is 2.07 bits per heavy atom. The molecule has 0 aliphatic heterocycles. The number of ether oxygens (including phenoxy) is 1. The molecule has 4 rings (SSSR count). The minimum Gasteiger partial charge on any atom is -0.385 e. The number of rotatable bonds is 8. The van der Waals surface area contributed by atoms with Crippen LogP contribution in [-0.4, -0.2) is 45.2 Å². The Morgan fingerprint density at radius 1 is 1.20 bits per heavy atom. The summed E-state index contributed by atoms with van der Waals surface area (Å²) in [5.74, 6) is 1.11. The lowest BCUT2D eigenvalue weighted by Gasteiger charge is -2.20. The predicted octanol–water partition coefficient (Wildman–Crippen LogP) is 3.97. The van der Waals surface area contributed by atoms with Gasteiger partial charge in [0.15, 0.2) is 11.5 Å². The Labute approximate surface area is 173 Å². The van der Waals surface area contributed by atoms with Crippen molar-refractivity contribution in [2.45, 2.75) is 26.3 Å². The molecule has 0 amide bonds. The van der Waals surface area contributed by atoms with Gasteiger partial charge in [0.1, 0.15) is 23.5 Å². The van der Waals surface area contributed by atoms with Crippen molar-refractivity contribution in [1.29, 1.82) is 0 Å². The molecule has 4 aromatic rings. The molecule has 30 heavy (non-hydrogen) atoms. The van der Waals surface area contributed by atoms with Crippen LogP contribution in [0.4, 0.5) is 16.0 Å². The predicted molar refractivity (Wildman–Crippen MR) is 115 cm³/mol. The van der Waals surface area contributed by atoms with E-state index in [1.165, 1.54) is 12.4 Å². The van der Waals surface area contributed by atoms with E-state index in [0.29, 0.717) is 41.5 Å². The standard InChI is InChI=1S/C21H24FN7O/c1-12-16(22)6-5-14-9-15(19(29-17(12)14)23-7-4-8-30-3)13(2)28-21-18-20(25-10-24-18)26-11-27-21/h5-6,9-11,13H,4,7-8H2,1-3H3,(H,23,29)(H2,24,25,26,27,28). The highest BCUT2D eigenvalue weighted by atomic mass is 19.1. The van der Waals surface area contributed by atoms with Crippen molar-refractivity contribution in [3.8, 4) is 0 Å². The topological polar surface area (TPSA) is 101 Å². The smallest absolute Gasteiger partial charge is 0.182 e. The summed E-state index contributed by atoms with van der Waals surface area (Å²) in [7, 11) is 1.68. The molecule has 8 nitrogen and oxygen atoms in total. The monoisotopic (exact) mass is 409 g/mol. The van der Waals surface area contributed by atoms with Crippen LogP contribution in [0.25, 0.3) is 22.1 Å². The number of H-pyrrole nitrogens is 1. The Hall–Kier alpha value is -3.33. The van der Waals surface area contributed by atoms with Crippen LogP contribution in [0, 0.1) is 12.7 Å². The number of nitrogens with one attached hydrogen (secondary N) is 3. The first-order chi connectivity index (χ1) is 14.6. The second-order valence-electron chi connectivity index (χ2n) is 7.13. The van der Waals surface area contributed by atoms with E-state index in [-0.39, 0.29) is 11.9 Å². The van der Waals surface area contributed by atoms with Gasteiger partial charge >= 0.3 is 0 Å². The van der Waals surface area contributed by atoms with Crippen LogP contribution in [0.3, 0.4) is 0 Å². The number of aromatic nitrogens is 5. The van der Waals surface area contributed by atoms with E-state index >= 15 is 0 Å². The molecule has 1 unspecified atom stereocenters. The summed E-state index contributed by atoms with van der Waals surface area (Å²) < 4.78 is 19.2. The van der Waals surface area contributed by atoms with Gasteiger partial charge in [-0.05, 0) is 38.5 Å². The van der Waals surface area contributed by atoms with Crippen LogP contribution in [0.1, 0.15) is 30.5 Å². The third kappa shape index (κ3) is 3.88. The second-order valence-corrected chi connectivity index (χ2v) is 7.13. The molecule has 0 radical (unpaired) electrons. The molecule has 0 aliphatic carbocycles. The van der Waals surface area contributed by atoms with Crippen molar-refractivity contribution in [2.75, 3.05) is 30.9 Å². The number of halogens is 1. The number of aromatic amines is 1. The lowest BCUT2D eigenvalue weighted by molar-refractivity contribution is 0.197. The first-order valence-electron chi connectivity index (χ1n) is 9.81. The molecule has 156 valence electrons. The summed E-state index contributed by atoms with van der Waals surface area (Å²) in [6, 6.07) is 5.15. The van der Waals surface area contributed by atoms with E-state index in [0.717, 1.165) is 22.9 Å².